The van der Waals surface area contributed by atoms with Crippen molar-refractivity contribution in [2.45, 2.75) is 45.1 Å². The summed E-state index contributed by atoms with van der Waals surface area (Å²) >= 11 is 0. The summed E-state index contributed by atoms with van der Waals surface area (Å²) in [4.78, 5) is 0. The summed E-state index contributed by atoms with van der Waals surface area (Å²) in [5.41, 5.74) is -0.742. The molecule has 1 aliphatic heterocycles. The van der Waals surface area contributed by atoms with Crippen molar-refractivity contribution >= 4 is 12.6 Å². The van der Waals surface area contributed by atoms with Crippen molar-refractivity contribution in [3.8, 4) is 11.8 Å². The van der Waals surface area contributed by atoms with E-state index in [2.05, 4.69) is 0 Å². The average Bonchev–Trinajstić information content (AvgIpc) is 2.64. The molecule has 4 nitrogen and oxygen atoms in total. The minimum atomic E-state index is -4.48. The lowest BCUT2D eigenvalue weighted by atomic mass is 9.78. The van der Waals surface area contributed by atoms with E-state index in [4.69, 9.17) is 19.3 Å². The molecule has 1 aromatic carbocycles. The molecule has 1 heterocycles. The van der Waals surface area contributed by atoms with Gasteiger partial charge in [-0.3, -0.25) is 0 Å². The fourth-order valence-electron chi connectivity index (χ4n) is 2.05. The maximum Gasteiger partial charge on any atom is 0.498 e. The SMILES string of the molecule is CC1(C)OB(c2ccc(C#N)cc2OCC(F)(F)F)OC1(C)C. The van der Waals surface area contributed by atoms with Gasteiger partial charge >= 0.3 is 13.3 Å². The van der Waals surface area contributed by atoms with Crippen molar-refractivity contribution in [1.82, 2.24) is 0 Å². The molecule has 1 fully saturated rings. The number of hydrogen-bond acceptors (Lipinski definition) is 4. The van der Waals surface area contributed by atoms with Crippen molar-refractivity contribution in [2.75, 3.05) is 6.61 Å². The van der Waals surface area contributed by atoms with Crippen molar-refractivity contribution < 1.29 is 27.2 Å². The zero-order chi connectivity index (χ0) is 17.5. The van der Waals surface area contributed by atoms with Crippen LogP contribution in [-0.4, -0.2) is 31.1 Å². The molecule has 8 heteroatoms. The quantitative estimate of drug-likeness (QED) is 0.801. The van der Waals surface area contributed by atoms with Gasteiger partial charge in [0.15, 0.2) is 6.61 Å². The Labute approximate surface area is 133 Å². The van der Waals surface area contributed by atoms with Crippen molar-refractivity contribution in [3.63, 3.8) is 0 Å². The molecule has 1 saturated heterocycles. The Morgan fingerprint density at radius 1 is 1.17 bits per heavy atom. The Morgan fingerprint density at radius 3 is 2.22 bits per heavy atom. The summed E-state index contributed by atoms with van der Waals surface area (Å²) in [6, 6.07) is 6.11. The predicted octanol–water partition coefficient (Wildman–Crippen LogP) is 2.80. The minimum absolute atomic E-state index is 0.0696. The van der Waals surface area contributed by atoms with Crippen molar-refractivity contribution in [3.05, 3.63) is 23.8 Å². The van der Waals surface area contributed by atoms with Crippen molar-refractivity contribution in [2.24, 2.45) is 0 Å². The van der Waals surface area contributed by atoms with Gasteiger partial charge in [-0.15, -0.1) is 0 Å². The molecule has 124 valence electrons. The van der Waals surface area contributed by atoms with Gasteiger partial charge in [0, 0.05) is 5.46 Å². The molecule has 0 aliphatic carbocycles. The van der Waals surface area contributed by atoms with Crippen LogP contribution in [0.15, 0.2) is 18.2 Å². The zero-order valence-electron chi connectivity index (χ0n) is 13.3. The van der Waals surface area contributed by atoms with E-state index in [1.165, 1.54) is 18.2 Å². The van der Waals surface area contributed by atoms with Gasteiger partial charge in [-0.05, 0) is 39.8 Å². The first-order valence-corrected chi connectivity index (χ1v) is 7.04. The molecule has 0 atom stereocenters. The van der Waals surface area contributed by atoms with Crippen LogP contribution >= 0.6 is 0 Å². The maximum absolute atomic E-state index is 12.4. The van der Waals surface area contributed by atoms with Gasteiger partial charge in [-0.1, -0.05) is 6.07 Å². The van der Waals surface area contributed by atoms with Crippen LogP contribution in [0.2, 0.25) is 0 Å². The maximum atomic E-state index is 12.4. The van der Waals surface area contributed by atoms with Gasteiger partial charge in [0.25, 0.3) is 0 Å². The molecule has 0 amide bonds. The second kappa shape index (κ2) is 5.73. The number of nitrogens with zero attached hydrogens (tertiary/aromatic N) is 1. The number of ether oxygens (including phenoxy) is 1. The zero-order valence-corrected chi connectivity index (χ0v) is 13.3. The first-order chi connectivity index (χ1) is 10.5. The Morgan fingerprint density at radius 2 is 1.74 bits per heavy atom. The van der Waals surface area contributed by atoms with Crippen LogP contribution in [0.5, 0.6) is 5.75 Å². The van der Waals surface area contributed by atoms with Crippen LogP contribution in [0.1, 0.15) is 33.3 Å². The van der Waals surface area contributed by atoms with Crippen molar-refractivity contribution in [1.29, 1.82) is 5.26 Å². The normalized spacial score (nSPS) is 19.5. The van der Waals surface area contributed by atoms with Crippen LogP contribution in [0.4, 0.5) is 13.2 Å². The van der Waals surface area contributed by atoms with Gasteiger partial charge in [0.1, 0.15) is 5.75 Å². The van der Waals surface area contributed by atoms with E-state index in [0.29, 0.717) is 5.46 Å². The topological polar surface area (TPSA) is 51.5 Å². The predicted molar refractivity (Wildman–Crippen MR) is 78.4 cm³/mol. The van der Waals surface area contributed by atoms with Crippen LogP contribution < -0.4 is 10.2 Å². The Kier molecular flexibility index (Phi) is 4.39. The molecule has 0 radical (unpaired) electrons. The Balaban J connectivity index is 2.34. The number of nitriles is 1. The average molecular weight is 327 g/mol. The molecule has 0 saturated carbocycles. The van der Waals surface area contributed by atoms with E-state index in [1.54, 1.807) is 0 Å². The van der Waals surface area contributed by atoms with Crippen LogP contribution in [-0.2, 0) is 9.31 Å². The molecule has 0 spiro atoms. The molecule has 2 rings (SSSR count). The van der Waals surface area contributed by atoms with Gasteiger partial charge in [0.05, 0.1) is 22.8 Å². The van der Waals surface area contributed by atoms with E-state index in [9.17, 15) is 13.2 Å². The third-order valence-corrected chi connectivity index (χ3v) is 4.04. The lowest BCUT2D eigenvalue weighted by Gasteiger charge is -2.32. The fraction of sp³-hybridized carbons (Fsp3) is 0.533. The summed E-state index contributed by atoms with van der Waals surface area (Å²) in [5, 5.41) is 8.92. The van der Waals surface area contributed by atoms with E-state index in [-0.39, 0.29) is 11.3 Å². The first-order valence-electron chi connectivity index (χ1n) is 7.04. The second-order valence-corrected chi connectivity index (χ2v) is 6.36. The summed E-state index contributed by atoms with van der Waals surface area (Å²) < 4.78 is 53.8. The molecule has 1 aromatic rings. The van der Waals surface area contributed by atoms with E-state index in [0.717, 1.165) is 0 Å². The van der Waals surface area contributed by atoms with E-state index in [1.807, 2.05) is 33.8 Å². The number of hydrogen-bond donors (Lipinski definition) is 0. The standard InChI is InChI=1S/C15H17BF3NO3/c1-13(2)14(3,4)23-16(22-13)11-6-5-10(8-20)7-12(11)21-9-15(17,18)19/h5-7H,9H2,1-4H3. The molecule has 0 N–H and O–H groups in total. The third-order valence-electron chi connectivity index (χ3n) is 4.04. The monoisotopic (exact) mass is 327 g/mol. The van der Waals surface area contributed by atoms with Crippen LogP contribution in [0, 0.1) is 11.3 Å². The Bertz CT molecular complexity index is 622. The summed E-state index contributed by atoms with van der Waals surface area (Å²) in [6.07, 6.45) is -4.48. The van der Waals surface area contributed by atoms with Crippen LogP contribution in [0.3, 0.4) is 0 Å². The molecular formula is C15H17BF3NO3. The summed E-state index contributed by atoms with van der Waals surface area (Å²) in [6.45, 7) is 5.91. The molecule has 23 heavy (non-hydrogen) atoms. The third kappa shape index (κ3) is 3.79. The molecule has 0 unspecified atom stereocenters. The lowest BCUT2D eigenvalue weighted by molar-refractivity contribution is -0.153. The number of alkyl halides is 3. The number of benzene rings is 1. The number of halogens is 3. The highest BCUT2D eigenvalue weighted by atomic mass is 19.4. The largest absolute Gasteiger partial charge is 0.498 e. The van der Waals surface area contributed by atoms with Crippen LogP contribution in [0.25, 0.3) is 0 Å². The highest BCUT2D eigenvalue weighted by Gasteiger charge is 2.52. The summed E-state index contributed by atoms with van der Waals surface area (Å²) in [5.74, 6) is -0.0696. The Hall–Kier alpha value is -1.72. The first kappa shape index (κ1) is 17.6. The number of rotatable bonds is 3. The minimum Gasteiger partial charge on any atom is -0.484 e. The molecular weight excluding hydrogens is 310 g/mol. The summed E-state index contributed by atoms with van der Waals surface area (Å²) in [7, 11) is -0.865. The highest BCUT2D eigenvalue weighted by Crippen LogP contribution is 2.37. The van der Waals surface area contributed by atoms with Gasteiger partial charge in [-0.25, -0.2) is 0 Å². The molecule has 0 aromatic heterocycles. The lowest BCUT2D eigenvalue weighted by Crippen LogP contribution is -2.41. The smallest absolute Gasteiger partial charge is 0.484 e. The molecule has 1 aliphatic rings. The van der Waals surface area contributed by atoms with Gasteiger partial charge in [0.2, 0.25) is 0 Å². The van der Waals surface area contributed by atoms with Gasteiger partial charge < -0.3 is 14.0 Å². The molecule has 0 bridgehead atoms. The van der Waals surface area contributed by atoms with E-state index >= 15 is 0 Å². The van der Waals surface area contributed by atoms with Gasteiger partial charge in [-0.2, -0.15) is 18.4 Å². The fourth-order valence-corrected chi connectivity index (χ4v) is 2.05. The van der Waals surface area contributed by atoms with E-state index < -0.39 is 31.1 Å². The highest BCUT2D eigenvalue weighted by molar-refractivity contribution is 6.63. The second-order valence-electron chi connectivity index (χ2n) is 6.36.